The van der Waals surface area contributed by atoms with Gasteiger partial charge in [0.25, 0.3) is 0 Å². The first-order chi connectivity index (χ1) is 10.5. The fourth-order valence-electron chi connectivity index (χ4n) is 1.96. The number of ether oxygens (including phenoxy) is 1. The number of halogens is 2. The van der Waals surface area contributed by atoms with E-state index in [0.717, 1.165) is 6.20 Å². The average Bonchev–Trinajstić information content (AvgIpc) is 2.47. The van der Waals surface area contributed by atoms with Gasteiger partial charge < -0.3 is 15.3 Å². The van der Waals surface area contributed by atoms with Gasteiger partial charge >= 0.3 is 0 Å². The maximum Gasteiger partial charge on any atom is 0.165 e. The largest absolute Gasteiger partial charge is 0.490 e. The van der Waals surface area contributed by atoms with Gasteiger partial charge in [-0.1, -0.05) is 6.07 Å². The number of Topliss-reactive ketones (excluding diaryl/α,β-unsaturated/α-hetero) is 1. The lowest BCUT2D eigenvalue weighted by Gasteiger charge is -2.10. The molecule has 116 valence electrons. The maximum atomic E-state index is 13.8. The topological polar surface area (TPSA) is 65.2 Å². The minimum Gasteiger partial charge on any atom is -0.490 e. The highest BCUT2D eigenvalue weighted by molar-refractivity contribution is 5.75. The number of anilines is 1. The summed E-state index contributed by atoms with van der Waals surface area (Å²) in [6.07, 6.45) is 1.88. The van der Waals surface area contributed by atoms with E-state index in [0.29, 0.717) is 18.4 Å². The van der Waals surface area contributed by atoms with E-state index in [1.807, 2.05) is 0 Å². The molecule has 0 amide bonds. The van der Waals surface area contributed by atoms with E-state index in [-0.39, 0.29) is 29.5 Å². The molecular weight excluding hydrogens is 290 g/mol. The highest BCUT2D eigenvalue weighted by Crippen LogP contribution is 2.29. The quantitative estimate of drug-likeness (QED) is 0.831. The van der Waals surface area contributed by atoms with Gasteiger partial charge in [0, 0.05) is 12.0 Å². The Bertz CT molecular complexity index is 690. The molecule has 2 aromatic rings. The van der Waals surface area contributed by atoms with Crippen LogP contribution < -0.4 is 10.5 Å². The molecule has 6 heteroatoms. The van der Waals surface area contributed by atoms with E-state index in [1.54, 1.807) is 0 Å². The Morgan fingerprint density at radius 2 is 2.05 bits per heavy atom. The first-order valence-electron chi connectivity index (χ1n) is 6.80. The van der Waals surface area contributed by atoms with Crippen LogP contribution in [0.15, 0.2) is 30.5 Å². The first kappa shape index (κ1) is 15.9. The highest BCUT2D eigenvalue weighted by Gasteiger charge is 2.11. The Kier molecular flexibility index (Phi) is 5.04. The third-order valence-electron chi connectivity index (χ3n) is 3.05. The summed E-state index contributed by atoms with van der Waals surface area (Å²) in [6, 6.07) is 5.42. The summed E-state index contributed by atoms with van der Waals surface area (Å²) in [7, 11) is 0. The van der Waals surface area contributed by atoms with Crippen LogP contribution in [-0.2, 0) is 4.79 Å². The van der Waals surface area contributed by atoms with E-state index in [9.17, 15) is 13.6 Å². The van der Waals surface area contributed by atoms with Gasteiger partial charge in [-0.05, 0) is 37.1 Å². The summed E-state index contributed by atoms with van der Waals surface area (Å²) in [4.78, 5) is 14.5. The minimum atomic E-state index is -0.552. The Morgan fingerprint density at radius 3 is 2.77 bits per heavy atom. The number of aromatic nitrogens is 1. The molecule has 1 aromatic carbocycles. The number of benzene rings is 1. The van der Waals surface area contributed by atoms with Crippen molar-refractivity contribution in [2.24, 2.45) is 0 Å². The SMILES string of the molecule is CC(=O)CCCOc1cc(-c2cc(N)ncc2F)ccc1F. The molecule has 0 unspecified atom stereocenters. The lowest BCUT2D eigenvalue weighted by Crippen LogP contribution is -2.02. The fraction of sp³-hybridized carbons (Fsp3) is 0.250. The zero-order valence-corrected chi connectivity index (χ0v) is 12.1. The van der Waals surface area contributed by atoms with Crippen molar-refractivity contribution in [1.29, 1.82) is 0 Å². The van der Waals surface area contributed by atoms with Crippen LogP contribution in [0, 0.1) is 11.6 Å². The fourth-order valence-corrected chi connectivity index (χ4v) is 1.96. The second-order valence-electron chi connectivity index (χ2n) is 4.89. The van der Waals surface area contributed by atoms with Gasteiger partial charge in [-0.25, -0.2) is 13.8 Å². The molecule has 1 aromatic heterocycles. The van der Waals surface area contributed by atoms with E-state index in [4.69, 9.17) is 10.5 Å². The number of hydrogen-bond donors (Lipinski definition) is 1. The standard InChI is InChI=1S/C16H16F2N2O2/c1-10(21)3-2-6-22-15-7-11(4-5-13(15)17)12-8-16(19)20-9-14(12)18/h4-5,7-9H,2-3,6H2,1H3,(H2,19,20). The monoisotopic (exact) mass is 306 g/mol. The molecule has 0 fully saturated rings. The number of ketones is 1. The number of nitrogen functional groups attached to an aromatic ring is 1. The van der Waals surface area contributed by atoms with Gasteiger partial charge in [-0.3, -0.25) is 0 Å². The van der Waals surface area contributed by atoms with Crippen molar-refractivity contribution in [2.45, 2.75) is 19.8 Å². The minimum absolute atomic E-state index is 0.0100. The highest BCUT2D eigenvalue weighted by atomic mass is 19.1. The van der Waals surface area contributed by atoms with Crippen LogP contribution in [0.5, 0.6) is 5.75 Å². The van der Waals surface area contributed by atoms with Crippen molar-refractivity contribution in [2.75, 3.05) is 12.3 Å². The van der Waals surface area contributed by atoms with Gasteiger partial charge in [0.1, 0.15) is 17.4 Å². The molecule has 0 saturated carbocycles. The Balaban J connectivity index is 2.19. The number of nitrogens with zero attached hydrogens (tertiary/aromatic N) is 1. The molecule has 0 aliphatic heterocycles. The summed E-state index contributed by atoms with van der Waals surface area (Å²) in [5.41, 5.74) is 6.21. The van der Waals surface area contributed by atoms with Crippen LogP contribution >= 0.6 is 0 Å². The number of hydrogen-bond acceptors (Lipinski definition) is 4. The molecule has 0 bridgehead atoms. The van der Waals surface area contributed by atoms with Crippen molar-refractivity contribution < 1.29 is 18.3 Å². The van der Waals surface area contributed by atoms with Gasteiger partial charge in [0.2, 0.25) is 0 Å². The molecule has 0 aliphatic carbocycles. The van der Waals surface area contributed by atoms with E-state index >= 15 is 0 Å². The van der Waals surface area contributed by atoms with E-state index in [2.05, 4.69) is 4.98 Å². The van der Waals surface area contributed by atoms with Crippen molar-refractivity contribution in [3.8, 4) is 16.9 Å². The number of pyridine rings is 1. The molecule has 0 aliphatic rings. The molecule has 2 rings (SSSR count). The van der Waals surface area contributed by atoms with E-state index in [1.165, 1.54) is 31.2 Å². The zero-order chi connectivity index (χ0) is 16.1. The molecule has 0 radical (unpaired) electrons. The molecule has 1 heterocycles. The van der Waals surface area contributed by atoms with Gasteiger partial charge in [0.15, 0.2) is 11.6 Å². The number of rotatable bonds is 6. The smallest absolute Gasteiger partial charge is 0.165 e. The zero-order valence-electron chi connectivity index (χ0n) is 12.1. The van der Waals surface area contributed by atoms with Crippen LogP contribution in [0.3, 0.4) is 0 Å². The summed E-state index contributed by atoms with van der Waals surface area (Å²) in [5, 5.41) is 0. The van der Waals surface area contributed by atoms with Crippen molar-refractivity contribution in [1.82, 2.24) is 4.98 Å². The maximum absolute atomic E-state index is 13.8. The van der Waals surface area contributed by atoms with E-state index < -0.39 is 11.6 Å². The Morgan fingerprint density at radius 1 is 1.27 bits per heavy atom. The molecule has 22 heavy (non-hydrogen) atoms. The Labute approximate surface area is 126 Å². The number of carbonyl (C=O) groups is 1. The summed E-state index contributed by atoms with van der Waals surface area (Å²) >= 11 is 0. The number of nitrogens with two attached hydrogens (primary N) is 1. The molecule has 0 saturated heterocycles. The van der Waals surface area contributed by atoms with Crippen LogP contribution in [0.2, 0.25) is 0 Å². The van der Waals surface area contributed by atoms with Crippen LogP contribution in [-0.4, -0.2) is 17.4 Å². The Hall–Kier alpha value is -2.50. The normalized spacial score (nSPS) is 10.5. The lowest BCUT2D eigenvalue weighted by molar-refractivity contribution is -0.117. The summed E-state index contributed by atoms with van der Waals surface area (Å²) in [5.74, 6) is -0.870. The third kappa shape index (κ3) is 4.00. The molecule has 0 atom stereocenters. The van der Waals surface area contributed by atoms with Crippen molar-refractivity contribution >= 4 is 11.6 Å². The number of carbonyl (C=O) groups excluding carboxylic acids is 1. The molecule has 2 N–H and O–H groups in total. The predicted molar refractivity (Wildman–Crippen MR) is 79.4 cm³/mol. The van der Waals surface area contributed by atoms with Gasteiger partial charge in [0.05, 0.1) is 12.8 Å². The van der Waals surface area contributed by atoms with Crippen LogP contribution in [0.25, 0.3) is 11.1 Å². The lowest BCUT2D eigenvalue weighted by atomic mass is 10.1. The molecular formula is C16H16F2N2O2. The second-order valence-corrected chi connectivity index (χ2v) is 4.89. The third-order valence-corrected chi connectivity index (χ3v) is 3.05. The first-order valence-corrected chi connectivity index (χ1v) is 6.80. The average molecular weight is 306 g/mol. The molecule has 0 spiro atoms. The van der Waals surface area contributed by atoms with Crippen LogP contribution in [0.1, 0.15) is 19.8 Å². The second kappa shape index (κ2) is 6.98. The summed E-state index contributed by atoms with van der Waals surface area (Å²) < 4.78 is 32.8. The van der Waals surface area contributed by atoms with Crippen molar-refractivity contribution in [3.63, 3.8) is 0 Å². The molecule has 4 nitrogen and oxygen atoms in total. The van der Waals surface area contributed by atoms with Crippen molar-refractivity contribution in [3.05, 3.63) is 42.1 Å². The van der Waals surface area contributed by atoms with Gasteiger partial charge in [-0.2, -0.15) is 0 Å². The summed E-state index contributed by atoms with van der Waals surface area (Å²) in [6.45, 7) is 1.69. The van der Waals surface area contributed by atoms with Crippen LogP contribution in [0.4, 0.5) is 14.6 Å². The van der Waals surface area contributed by atoms with Gasteiger partial charge in [-0.15, -0.1) is 0 Å². The predicted octanol–water partition coefficient (Wildman–Crippen LogP) is 3.36.